The molecule has 3 fully saturated rings. The van der Waals surface area contributed by atoms with Crippen molar-refractivity contribution < 1.29 is 4.74 Å². The summed E-state index contributed by atoms with van der Waals surface area (Å²) in [6.45, 7) is 15.0. The third-order valence-electron chi connectivity index (χ3n) is 8.80. The van der Waals surface area contributed by atoms with E-state index in [9.17, 15) is 4.79 Å². The summed E-state index contributed by atoms with van der Waals surface area (Å²) in [4.78, 5) is 31.8. The molecule has 1 atom stereocenters. The molecule has 212 valence electrons. The van der Waals surface area contributed by atoms with Crippen LogP contribution in [0.1, 0.15) is 43.4 Å². The smallest absolute Gasteiger partial charge is 0.253 e. The summed E-state index contributed by atoms with van der Waals surface area (Å²) in [5.41, 5.74) is 5.38. The Labute approximate surface area is 235 Å². The Morgan fingerprint density at radius 2 is 1.82 bits per heavy atom. The molecule has 3 aliphatic rings. The standard InChI is InChI=1S/C30H40N8O2/c1-20(2)23-12-21(3)27(39)36(5)26(23)24-15-31-7-6-25(24)38-10-8-32-16-29(38,4)22-13-34-28(35-14-22)37-18-30(19-37)17-33-9-11-40-30/h6-7,12-15,20,32-33H,8-11,16-19H2,1-5H3. The van der Waals surface area contributed by atoms with Gasteiger partial charge in [0, 0.05) is 86.9 Å². The van der Waals surface area contributed by atoms with E-state index in [0.29, 0.717) is 0 Å². The normalized spacial score (nSPS) is 22.6. The monoisotopic (exact) mass is 544 g/mol. The maximum absolute atomic E-state index is 13.1. The SMILES string of the molecule is Cc1cc(C(C)C)c(-c2cnccc2N2CCNCC2(C)c2cnc(N3CC4(CNCCO4)C3)nc2)n(C)c1=O. The van der Waals surface area contributed by atoms with E-state index >= 15 is 0 Å². The van der Waals surface area contributed by atoms with E-state index in [4.69, 9.17) is 14.7 Å². The molecule has 3 aromatic rings. The van der Waals surface area contributed by atoms with Crippen LogP contribution in [0, 0.1) is 6.92 Å². The van der Waals surface area contributed by atoms with Gasteiger partial charge in [-0.1, -0.05) is 13.8 Å². The number of ether oxygens (including phenoxy) is 1. The summed E-state index contributed by atoms with van der Waals surface area (Å²) in [6.07, 6.45) is 7.67. The van der Waals surface area contributed by atoms with Crippen molar-refractivity contribution >= 4 is 11.6 Å². The second-order valence-corrected chi connectivity index (χ2v) is 12.0. The summed E-state index contributed by atoms with van der Waals surface area (Å²) in [5.74, 6) is 0.989. The third kappa shape index (κ3) is 4.48. The molecule has 3 aliphatic heterocycles. The minimum atomic E-state index is -0.402. The molecule has 10 nitrogen and oxygen atoms in total. The second-order valence-electron chi connectivity index (χ2n) is 12.0. The fraction of sp³-hybridized carbons (Fsp3) is 0.533. The molecule has 0 amide bonds. The molecule has 10 heteroatoms. The predicted molar refractivity (Wildman–Crippen MR) is 157 cm³/mol. The number of rotatable bonds is 5. The van der Waals surface area contributed by atoms with Crippen molar-refractivity contribution in [3.8, 4) is 11.3 Å². The lowest BCUT2D eigenvalue weighted by molar-refractivity contribution is -0.0834. The minimum absolute atomic E-state index is 0.0171. The first-order valence-corrected chi connectivity index (χ1v) is 14.3. The molecule has 40 heavy (non-hydrogen) atoms. The van der Waals surface area contributed by atoms with Crippen LogP contribution in [0.15, 0.2) is 41.7 Å². The van der Waals surface area contributed by atoms with Crippen LogP contribution < -0.4 is 26.0 Å². The molecule has 0 saturated carbocycles. The first kappa shape index (κ1) is 26.9. The van der Waals surface area contributed by atoms with Gasteiger partial charge in [-0.2, -0.15) is 0 Å². The zero-order valence-corrected chi connectivity index (χ0v) is 24.2. The van der Waals surface area contributed by atoms with E-state index < -0.39 is 5.54 Å². The van der Waals surface area contributed by atoms with Crippen LogP contribution in [-0.4, -0.2) is 77.5 Å². The van der Waals surface area contributed by atoms with Gasteiger partial charge >= 0.3 is 0 Å². The fourth-order valence-corrected chi connectivity index (χ4v) is 6.48. The summed E-state index contributed by atoms with van der Waals surface area (Å²) < 4.78 is 7.83. The Morgan fingerprint density at radius 3 is 2.52 bits per heavy atom. The van der Waals surface area contributed by atoms with Crippen molar-refractivity contribution in [2.45, 2.75) is 44.8 Å². The predicted octanol–water partition coefficient (Wildman–Crippen LogP) is 2.17. The van der Waals surface area contributed by atoms with E-state index in [1.54, 1.807) is 4.57 Å². The summed E-state index contributed by atoms with van der Waals surface area (Å²) in [5, 5.41) is 7.02. The largest absolute Gasteiger partial charge is 0.369 e. The highest BCUT2D eigenvalue weighted by Gasteiger charge is 2.46. The Bertz CT molecular complexity index is 1440. The van der Waals surface area contributed by atoms with Gasteiger partial charge in [-0.15, -0.1) is 0 Å². The molecule has 6 rings (SSSR count). The quantitative estimate of drug-likeness (QED) is 0.501. The number of nitrogens with one attached hydrogen (secondary N) is 2. The lowest BCUT2D eigenvalue weighted by Crippen LogP contribution is -2.70. The Hall–Kier alpha value is -3.34. The molecule has 0 aliphatic carbocycles. The van der Waals surface area contributed by atoms with Gasteiger partial charge in [0.05, 0.1) is 30.9 Å². The number of aryl methyl sites for hydroxylation is 1. The average Bonchev–Trinajstić information content (AvgIpc) is 2.95. The minimum Gasteiger partial charge on any atom is -0.369 e. The van der Waals surface area contributed by atoms with E-state index in [0.717, 1.165) is 92.0 Å². The number of hydrogen-bond donors (Lipinski definition) is 2. The Balaban J connectivity index is 1.35. The lowest BCUT2D eigenvalue weighted by atomic mass is 9.88. The average molecular weight is 545 g/mol. The van der Waals surface area contributed by atoms with Crippen molar-refractivity contribution in [1.82, 2.24) is 30.2 Å². The molecule has 2 N–H and O–H groups in total. The number of anilines is 2. The Kier molecular flexibility index (Phi) is 6.88. The van der Waals surface area contributed by atoms with Crippen molar-refractivity contribution in [2.75, 3.05) is 62.2 Å². The summed E-state index contributed by atoms with van der Waals surface area (Å²) in [6, 6.07) is 4.11. The zero-order chi connectivity index (χ0) is 28.1. The first-order chi connectivity index (χ1) is 19.2. The van der Waals surface area contributed by atoms with Crippen molar-refractivity contribution in [3.05, 3.63) is 64.0 Å². The molecule has 3 aromatic heterocycles. The van der Waals surface area contributed by atoms with Gasteiger partial charge in [0.25, 0.3) is 5.56 Å². The van der Waals surface area contributed by atoms with E-state index in [1.165, 1.54) is 0 Å². The number of nitrogens with zero attached hydrogens (tertiary/aromatic N) is 6. The lowest BCUT2D eigenvalue weighted by Gasteiger charge is -2.51. The van der Waals surface area contributed by atoms with Crippen LogP contribution in [0.4, 0.5) is 11.6 Å². The number of hydrogen-bond acceptors (Lipinski definition) is 9. The number of aromatic nitrogens is 4. The zero-order valence-electron chi connectivity index (χ0n) is 24.2. The third-order valence-corrected chi connectivity index (χ3v) is 8.80. The van der Waals surface area contributed by atoms with Gasteiger partial charge in [-0.3, -0.25) is 9.78 Å². The van der Waals surface area contributed by atoms with Gasteiger partial charge in [0.1, 0.15) is 5.60 Å². The number of morpholine rings is 1. The van der Waals surface area contributed by atoms with Crippen LogP contribution in [0.3, 0.4) is 0 Å². The van der Waals surface area contributed by atoms with Crippen LogP contribution in [-0.2, 0) is 17.3 Å². The molecular weight excluding hydrogens is 504 g/mol. The molecule has 6 heterocycles. The van der Waals surface area contributed by atoms with Crippen molar-refractivity contribution in [1.29, 1.82) is 0 Å². The Morgan fingerprint density at radius 1 is 1.07 bits per heavy atom. The fourth-order valence-electron chi connectivity index (χ4n) is 6.48. The van der Waals surface area contributed by atoms with E-state index in [-0.39, 0.29) is 17.1 Å². The molecule has 0 bridgehead atoms. The number of pyridine rings is 2. The summed E-state index contributed by atoms with van der Waals surface area (Å²) >= 11 is 0. The molecule has 1 unspecified atom stereocenters. The number of piperazine rings is 1. The summed E-state index contributed by atoms with van der Waals surface area (Å²) in [7, 11) is 1.87. The highest BCUT2D eigenvalue weighted by molar-refractivity contribution is 5.79. The van der Waals surface area contributed by atoms with Crippen LogP contribution in [0.2, 0.25) is 0 Å². The van der Waals surface area contributed by atoms with E-state index in [2.05, 4.69) is 52.3 Å². The van der Waals surface area contributed by atoms with Crippen molar-refractivity contribution in [3.63, 3.8) is 0 Å². The second kappa shape index (κ2) is 10.2. The van der Waals surface area contributed by atoms with Gasteiger partial charge in [-0.05, 0) is 37.5 Å². The highest BCUT2D eigenvalue weighted by atomic mass is 16.5. The van der Waals surface area contributed by atoms with Crippen molar-refractivity contribution in [2.24, 2.45) is 7.05 Å². The first-order valence-electron chi connectivity index (χ1n) is 14.3. The molecule has 3 saturated heterocycles. The maximum atomic E-state index is 13.1. The molecule has 0 aromatic carbocycles. The van der Waals surface area contributed by atoms with Gasteiger partial charge in [-0.25, -0.2) is 9.97 Å². The maximum Gasteiger partial charge on any atom is 0.253 e. The van der Waals surface area contributed by atoms with Gasteiger partial charge in [0.15, 0.2) is 0 Å². The molecule has 1 spiro atoms. The highest BCUT2D eigenvalue weighted by Crippen LogP contribution is 2.41. The molecular formula is C30H40N8O2. The van der Waals surface area contributed by atoms with Gasteiger partial charge in [0.2, 0.25) is 5.95 Å². The van der Waals surface area contributed by atoms with Crippen LogP contribution in [0.5, 0.6) is 0 Å². The van der Waals surface area contributed by atoms with Gasteiger partial charge < -0.3 is 29.7 Å². The molecule has 0 radical (unpaired) electrons. The van der Waals surface area contributed by atoms with Crippen LogP contribution in [0.25, 0.3) is 11.3 Å². The van der Waals surface area contributed by atoms with E-state index in [1.807, 2.05) is 44.8 Å². The topological polar surface area (TPSA) is 100 Å². The van der Waals surface area contributed by atoms with Crippen LogP contribution >= 0.6 is 0 Å².